The highest BCUT2D eigenvalue weighted by Gasteiger charge is 2.20. The van der Waals surface area contributed by atoms with Crippen LogP contribution in [0.25, 0.3) is 0 Å². The summed E-state index contributed by atoms with van der Waals surface area (Å²) in [6.07, 6.45) is 1.72. The monoisotopic (exact) mass is 248 g/mol. The average Bonchev–Trinajstić information content (AvgIpc) is 2.40. The molecule has 0 aliphatic carbocycles. The van der Waals surface area contributed by atoms with Crippen LogP contribution in [0.2, 0.25) is 0 Å². The lowest BCUT2D eigenvalue weighted by atomic mass is 10.2. The van der Waals surface area contributed by atoms with Crippen molar-refractivity contribution >= 4 is 11.6 Å². The first kappa shape index (κ1) is 12.8. The number of amides is 1. The van der Waals surface area contributed by atoms with E-state index < -0.39 is 0 Å². The van der Waals surface area contributed by atoms with Crippen molar-refractivity contribution in [1.82, 2.24) is 14.8 Å². The zero-order valence-corrected chi connectivity index (χ0v) is 11.0. The number of pyridine rings is 1. The third-order valence-electron chi connectivity index (χ3n) is 3.15. The predicted octanol–water partition coefficient (Wildman–Crippen LogP) is 0.901. The molecule has 2 rings (SSSR count). The maximum Gasteiger partial charge on any atom is 0.272 e. The van der Waals surface area contributed by atoms with E-state index in [0.29, 0.717) is 5.69 Å². The number of carbonyl (C=O) groups is 1. The van der Waals surface area contributed by atoms with E-state index in [0.717, 1.165) is 38.4 Å². The van der Waals surface area contributed by atoms with Crippen molar-refractivity contribution in [2.45, 2.75) is 6.92 Å². The molecule has 0 spiro atoms. The van der Waals surface area contributed by atoms with Gasteiger partial charge in [-0.25, -0.2) is 4.98 Å². The van der Waals surface area contributed by atoms with Gasteiger partial charge in [-0.1, -0.05) is 0 Å². The van der Waals surface area contributed by atoms with Gasteiger partial charge in [-0.2, -0.15) is 0 Å². The number of anilines is 1. The molecule has 0 radical (unpaired) electrons. The molecule has 1 aromatic heterocycles. The van der Waals surface area contributed by atoms with E-state index in [2.05, 4.69) is 22.2 Å². The van der Waals surface area contributed by atoms with Gasteiger partial charge in [0.1, 0.15) is 5.69 Å². The number of hydrogen-bond donors (Lipinski definition) is 1. The Hall–Kier alpha value is -1.62. The first-order chi connectivity index (χ1) is 8.70. The van der Waals surface area contributed by atoms with Gasteiger partial charge in [0.15, 0.2) is 0 Å². The van der Waals surface area contributed by atoms with Crippen LogP contribution >= 0.6 is 0 Å². The highest BCUT2D eigenvalue weighted by molar-refractivity contribution is 5.92. The summed E-state index contributed by atoms with van der Waals surface area (Å²) in [7, 11) is 2.07. The van der Waals surface area contributed by atoms with Crippen molar-refractivity contribution in [2.75, 3.05) is 45.1 Å². The van der Waals surface area contributed by atoms with Gasteiger partial charge in [0.2, 0.25) is 0 Å². The highest BCUT2D eigenvalue weighted by Crippen LogP contribution is 2.09. The number of piperazine rings is 1. The molecule has 0 unspecified atom stereocenters. The Morgan fingerprint density at radius 3 is 2.61 bits per heavy atom. The molecule has 0 aromatic carbocycles. The van der Waals surface area contributed by atoms with Crippen molar-refractivity contribution in [3.63, 3.8) is 0 Å². The number of likely N-dealkylation sites (N-methyl/N-ethyl adjacent to an activating group) is 1. The largest absolute Gasteiger partial charge is 0.384 e. The molecular weight excluding hydrogens is 228 g/mol. The number of hydrogen-bond acceptors (Lipinski definition) is 4. The predicted molar refractivity (Wildman–Crippen MR) is 71.8 cm³/mol. The van der Waals surface area contributed by atoms with E-state index in [1.54, 1.807) is 12.3 Å². The Bertz CT molecular complexity index is 396. The fraction of sp³-hybridized carbons (Fsp3) is 0.538. The van der Waals surface area contributed by atoms with Crippen molar-refractivity contribution < 1.29 is 4.79 Å². The van der Waals surface area contributed by atoms with Crippen LogP contribution in [0.5, 0.6) is 0 Å². The molecule has 1 aliphatic rings. The lowest BCUT2D eigenvalue weighted by Gasteiger charge is -2.32. The fourth-order valence-corrected chi connectivity index (χ4v) is 2.00. The fourth-order valence-electron chi connectivity index (χ4n) is 2.00. The number of carbonyl (C=O) groups excluding carboxylic acids is 1. The minimum absolute atomic E-state index is 0.0335. The second-order valence-corrected chi connectivity index (χ2v) is 4.56. The molecule has 5 heteroatoms. The van der Waals surface area contributed by atoms with Gasteiger partial charge in [-0.05, 0) is 26.1 Å². The van der Waals surface area contributed by atoms with Gasteiger partial charge in [0, 0.05) is 32.7 Å². The van der Waals surface area contributed by atoms with Crippen LogP contribution in [0.4, 0.5) is 5.69 Å². The molecule has 0 atom stereocenters. The summed E-state index contributed by atoms with van der Waals surface area (Å²) in [4.78, 5) is 20.5. The smallest absolute Gasteiger partial charge is 0.272 e. The van der Waals surface area contributed by atoms with Gasteiger partial charge in [-0.3, -0.25) is 4.79 Å². The van der Waals surface area contributed by atoms with Gasteiger partial charge >= 0.3 is 0 Å². The molecule has 1 aromatic rings. The second-order valence-electron chi connectivity index (χ2n) is 4.56. The lowest BCUT2D eigenvalue weighted by molar-refractivity contribution is 0.0658. The number of rotatable bonds is 3. The number of aromatic nitrogens is 1. The molecule has 2 heterocycles. The van der Waals surface area contributed by atoms with Crippen molar-refractivity contribution in [2.24, 2.45) is 0 Å². The van der Waals surface area contributed by atoms with Crippen molar-refractivity contribution in [3.05, 3.63) is 24.0 Å². The van der Waals surface area contributed by atoms with Gasteiger partial charge in [0.25, 0.3) is 5.91 Å². The molecule has 0 saturated carbocycles. The quantitative estimate of drug-likeness (QED) is 0.863. The van der Waals surface area contributed by atoms with Crippen LogP contribution in [0.1, 0.15) is 17.4 Å². The molecule has 18 heavy (non-hydrogen) atoms. The summed E-state index contributed by atoms with van der Waals surface area (Å²) in [5.74, 6) is 0.0335. The minimum atomic E-state index is 0.0335. The molecule has 0 bridgehead atoms. The number of nitrogens with zero attached hydrogens (tertiary/aromatic N) is 3. The van der Waals surface area contributed by atoms with E-state index in [1.165, 1.54) is 0 Å². The van der Waals surface area contributed by atoms with Crippen LogP contribution in [-0.2, 0) is 0 Å². The molecule has 1 amide bonds. The lowest BCUT2D eigenvalue weighted by Crippen LogP contribution is -2.47. The topological polar surface area (TPSA) is 48.5 Å². The maximum absolute atomic E-state index is 12.2. The summed E-state index contributed by atoms with van der Waals surface area (Å²) in [5, 5.41) is 3.16. The Labute approximate surface area is 108 Å². The summed E-state index contributed by atoms with van der Waals surface area (Å²) in [5.41, 5.74) is 1.48. The van der Waals surface area contributed by atoms with Crippen LogP contribution in [-0.4, -0.2) is 60.5 Å². The zero-order chi connectivity index (χ0) is 13.0. The second kappa shape index (κ2) is 5.82. The Morgan fingerprint density at radius 2 is 2.06 bits per heavy atom. The molecule has 1 saturated heterocycles. The zero-order valence-electron chi connectivity index (χ0n) is 11.0. The Kier molecular flexibility index (Phi) is 4.15. The Balaban J connectivity index is 2.00. The van der Waals surface area contributed by atoms with E-state index in [9.17, 15) is 4.79 Å². The van der Waals surface area contributed by atoms with Crippen LogP contribution in [0.15, 0.2) is 18.3 Å². The van der Waals surface area contributed by atoms with Crippen LogP contribution < -0.4 is 5.32 Å². The van der Waals surface area contributed by atoms with Crippen molar-refractivity contribution in [3.8, 4) is 0 Å². The summed E-state index contributed by atoms with van der Waals surface area (Å²) in [6, 6.07) is 3.69. The molecule has 1 aliphatic heterocycles. The first-order valence-electron chi connectivity index (χ1n) is 6.38. The SMILES string of the molecule is CCNc1ccc(C(=O)N2CCN(C)CC2)nc1. The summed E-state index contributed by atoms with van der Waals surface area (Å²) >= 11 is 0. The molecule has 5 nitrogen and oxygen atoms in total. The maximum atomic E-state index is 12.2. The van der Waals surface area contributed by atoms with Gasteiger partial charge < -0.3 is 15.1 Å². The van der Waals surface area contributed by atoms with E-state index in [-0.39, 0.29) is 5.91 Å². The Morgan fingerprint density at radius 1 is 1.33 bits per heavy atom. The normalized spacial score (nSPS) is 16.7. The highest BCUT2D eigenvalue weighted by atomic mass is 16.2. The molecule has 1 N–H and O–H groups in total. The molecule has 98 valence electrons. The third kappa shape index (κ3) is 2.98. The van der Waals surface area contributed by atoms with E-state index >= 15 is 0 Å². The third-order valence-corrected chi connectivity index (χ3v) is 3.15. The van der Waals surface area contributed by atoms with Crippen LogP contribution in [0, 0.1) is 0 Å². The average molecular weight is 248 g/mol. The molecule has 1 fully saturated rings. The van der Waals surface area contributed by atoms with Crippen molar-refractivity contribution in [1.29, 1.82) is 0 Å². The first-order valence-corrected chi connectivity index (χ1v) is 6.38. The molecular formula is C13H20N4O. The summed E-state index contributed by atoms with van der Waals surface area (Å²) < 4.78 is 0. The van der Waals surface area contributed by atoms with E-state index in [1.807, 2.05) is 17.9 Å². The minimum Gasteiger partial charge on any atom is -0.384 e. The van der Waals surface area contributed by atoms with E-state index in [4.69, 9.17) is 0 Å². The standard InChI is InChI=1S/C13H20N4O/c1-3-14-11-4-5-12(15-10-11)13(18)17-8-6-16(2)7-9-17/h4-5,10,14H,3,6-9H2,1-2H3. The van der Waals surface area contributed by atoms with Gasteiger partial charge in [-0.15, -0.1) is 0 Å². The number of nitrogens with one attached hydrogen (secondary N) is 1. The summed E-state index contributed by atoms with van der Waals surface area (Å²) in [6.45, 7) is 6.32. The van der Waals surface area contributed by atoms with Gasteiger partial charge in [0.05, 0.1) is 11.9 Å². The van der Waals surface area contributed by atoms with Crippen LogP contribution in [0.3, 0.4) is 0 Å².